The topological polar surface area (TPSA) is 63.7 Å². The van der Waals surface area contributed by atoms with E-state index >= 15 is 0 Å². The highest BCUT2D eigenvalue weighted by Crippen LogP contribution is 2.33. The first kappa shape index (κ1) is 18.6. The lowest BCUT2D eigenvalue weighted by atomic mass is 9.98. The van der Waals surface area contributed by atoms with Crippen molar-refractivity contribution in [3.8, 4) is 11.5 Å². The van der Waals surface area contributed by atoms with Crippen molar-refractivity contribution >= 4 is 11.6 Å². The number of hydrogen-bond donors (Lipinski definition) is 1. The van der Waals surface area contributed by atoms with Crippen molar-refractivity contribution in [2.45, 2.75) is 44.7 Å². The predicted molar refractivity (Wildman–Crippen MR) is 108 cm³/mol. The zero-order valence-corrected chi connectivity index (χ0v) is 16.5. The molecule has 6 nitrogen and oxygen atoms in total. The Morgan fingerprint density at radius 2 is 1.82 bits per heavy atom. The van der Waals surface area contributed by atoms with Gasteiger partial charge in [0.2, 0.25) is 0 Å². The van der Waals surface area contributed by atoms with Crippen LogP contribution in [0.2, 0.25) is 0 Å². The van der Waals surface area contributed by atoms with Gasteiger partial charge in [-0.1, -0.05) is 12.8 Å². The van der Waals surface area contributed by atoms with Gasteiger partial charge in [0.15, 0.2) is 11.5 Å². The smallest absolute Gasteiger partial charge is 0.272 e. The van der Waals surface area contributed by atoms with Gasteiger partial charge < -0.3 is 19.7 Å². The summed E-state index contributed by atoms with van der Waals surface area (Å²) in [4.78, 5) is 19.2. The number of ether oxygens (including phenoxy) is 2. The third-order valence-electron chi connectivity index (χ3n) is 5.71. The Balaban J connectivity index is 1.45. The Bertz CT molecular complexity index is 845. The van der Waals surface area contributed by atoms with Crippen molar-refractivity contribution in [2.24, 2.45) is 0 Å². The van der Waals surface area contributed by atoms with E-state index in [1.165, 1.54) is 31.2 Å². The van der Waals surface area contributed by atoms with Gasteiger partial charge in [0.25, 0.3) is 5.91 Å². The van der Waals surface area contributed by atoms with Gasteiger partial charge in [0.05, 0.1) is 26.1 Å². The summed E-state index contributed by atoms with van der Waals surface area (Å²) in [5, 5.41) is 3.51. The molecule has 1 amide bonds. The fourth-order valence-electron chi connectivity index (χ4n) is 4.13. The molecule has 1 N–H and O–H groups in total. The summed E-state index contributed by atoms with van der Waals surface area (Å²) in [6.45, 7) is 1.23. The third kappa shape index (κ3) is 3.77. The van der Waals surface area contributed by atoms with Crippen molar-refractivity contribution in [3.63, 3.8) is 0 Å². The summed E-state index contributed by atoms with van der Waals surface area (Å²) in [5.74, 6) is 1.39. The van der Waals surface area contributed by atoms with E-state index < -0.39 is 0 Å². The van der Waals surface area contributed by atoms with Crippen molar-refractivity contribution < 1.29 is 14.3 Å². The summed E-state index contributed by atoms with van der Waals surface area (Å²) in [5.41, 5.74) is 3.77. The molecule has 0 unspecified atom stereocenters. The second-order valence-electron chi connectivity index (χ2n) is 7.51. The van der Waals surface area contributed by atoms with Crippen LogP contribution < -0.4 is 14.8 Å². The molecule has 2 heterocycles. The van der Waals surface area contributed by atoms with E-state index in [9.17, 15) is 4.79 Å². The minimum absolute atomic E-state index is 0.0344. The number of carbonyl (C=O) groups excluding carboxylic acids is 1. The fourth-order valence-corrected chi connectivity index (χ4v) is 4.13. The largest absolute Gasteiger partial charge is 0.493 e. The minimum atomic E-state index is -0.0344. The van der Waals surface area contributed by atoms with Gasteiger partial charge in [0, 0.05) is 19.1 Å². The summed E-state index contributed by atoms with van der Waals surface area (Å²) in [6, 6.07) is 8.30. The summed E-state index contributed by atoms with van der Waals surface area (Å²) >= 11 is 0. The molecular weight excluding hydrogens is 354 g/mol. The second kappa shape index (κ2) is 8.09. The number of benzene rings is 1. The average molecular weight is 381 g/mol. The number of anilines is 1. The maximum absolute atomic E-state index is 12.9. The fraction of sp³-hybridized carbons (Fsp3) is 0.455. The molecule has 4 rings (SSSR count). The monoisotopic (exact) mass is 381 g/mol. The van der Waals surface area contributed by atoms with Crippen LogP contribution in [0, 0.1) is 0 Å². The number of hydrogen-bond acceptors (Lipinski definition) is 5. The molecule has 0 atom stereocenters. The Morgan fingerprint density at radius 1 is 1.11 bits per heavy atom. The number of carbonyl (C=O) groups is 1. The number of methoxy groups -OCH3 is 2. The van der Waals surface area contributed by atoms with Crippen molar-refractivity contribution in [1.82, 2.24) is 9.88 Å². The number of nitrogens with one attached hydrogen (secondary N) is 1. The second-order valence-corrected chi connectivity index (χ2v) is 7.51. The molecule has 2 aliphatic rings. The molecule has 1 fully saturated rings. The van der Waals surface area contributed by atoms with Crippen LogP contribution in [0.5, 0.6) is 11.5 Å². The number of amides is 1. The van der Waals surface area contributed by atoms with Crippen molar-refractivity contribution in [3.05, 3.63) is 47.3 Å². The van der Waals surface area contributed by atoms with Gasteiger partial charge in [-0.05, 0) is 54.7 Å². The van der Waals surface area contributed by atoms with Crippen molar-refractivity contribution in [1.29, 1.82) is 0 Å². The molecule has 0 spiro atoms. The van der Waals surface area contributed by atoms with Crippen LogP contribution in [0.3, 0.4) is 0 Å². The lowest BCUT2D eigenvalue weighted by Crippen LogP contribution is -2.36. The van der Waals surface area contributed by atoms with E-state index in [0.29, 0.717) is 30.6 Å². The summed E-state index contributed by atoms with van der Waals surface area (Å²) in [6.07, 6.45) is 7.56. The van der Waals surface area contributed by atoms with Gasteiger partial charge >= 0.3 is 0 Å². The van der Waals surface area contributed by atoms with Crippen LogP contribution in [0.4, 0.5) is 5.69 Å². The molecule has 0 radical (unpaired) electrons. The lowest BCUT2D eigenvalue weighted by Gasteiger charge is -2.29. The average Bonchev–Trinajstić information content (AvgIpc) is 3.25. The van der Waals surface area contributed by atoms with E-state index in [4.69, 9.17) is 9.47 Å². The maximum atomic E-state index is 12.9. The first-order valence-electron chi connectivity index (χ1n) is 9.93. The molecule has 148 valence electrons. The standard InChI is InChI=1S/C22H27N3O3/c1-27-20-11-15-9-10-25(14-16(15)12-21(20)28-2)22(26)19-8-7-18(13-23-19)24-17-5-3-4-6-17/h7-8,11-13,17,24H,3-6,9-10,14H2,1-2H3. The van der Waals surface area contributed by atoms with E-state index in [1.54, 1.807) is 20.4 Å². The first-order chi connectivity index (χ1) is 13.7. The van der Waals surface area contributed by atoms with Crippen LogP contribution in [-0.2, 0) is 13.0 Å². The van der Waals surface area contributed by atoms with Gasteiger partial charge in [0.1, 0.15) is 5.69 Å². The predicted octanol–water partition coefficient (Wildman–Crippen LogP) is 3.65. The quantitative estimate of drug-likeness (QED) is 0.856. The number of pyridine rings is 1. The molecule has 28 heavy (non-hydrogen) atoms. The number of rotatable bonds is 5. The Morgan fingerprint density at radius 3 is 2.46 bits per heavy atom. The zero-order chi connectivity index (χ0) is 19.5. The SMILES string of the molecule is COc1cc2c(cc1OC)CN(C(=O)c1ccc(NC3CCCC3)cn1)CC2. The number of nitrogens with zero attached hydrogens (tertiary/aromatic N) is 2. The first-order valence-corrected chi connectivity index (χ1v) is 9.93. The highest BCUT2D eigenvalue weighted by atomic mass is 16.5. The molecule has 0 bridgehead atoms. The zero-order valence-electron chi connectivity index (χ0n) is 16.5. The van der Waals surface area contributed by atoms with Crippen LogP contribution in [-0.4, -0.2) is 42.6 Å². The molecule has 6 heteroatoms. The summed E-state index contributed by atoms with van der Waals surface area (Å²) < 4.78 is 10.8. The maximum Gasteiger partial charge on any atom is 0.272 e. The van der Waals surface area contributed by atoms with Gasteiger partial charge in [-0.3, -0.25) is 4.79 Å². The van der Waals surface area contributed by atoms with Gasteiger partial charge in [-0.25, -0.2) is 4.98 Å². The highest BCUT2D eigenvalue weighted by Gasteiger charge is 2.24. The van der Waals surface area contributed by atoms with Crippen LogP contribution in [0.15, 0.2) is 30.5 Å². The van der Waals surface area contributed by atoms with Crippen LogP contribution in [0.1, 0.15) is 47.3 Å². The molecular formula is C22H27N3O3. The lowest BCUT2D eigenvalue weighted by molar-refractivity contribution is 0.0728. The molecule has 1 saturated carbocycles. The minimum Gasteiger partial charge on any atom is -0.493 e. The summed E-state index contributed by atoms with van der Waals surface area (Å²) in [7, 11) is 3.26. The number of fused-ring (bicyclic) bond motifs is 1. The Kier molecular flexibility index (Phi) is 5.37. The molecule has 1 aliphatic heterocycles. The number of aromatic nitrogens is 1. The Labute approximate surface area is 165 Å². The molecule has 1 aliphatic carbocycles. The van der Waals surface area contributed by atoms with Crippen molar-refractivity contribution in [2.75, 3.05) is 26.1 Å². The van der Waals surface area contributed by atoms with E-state index in [0.717, 1.165) is 23.4 Å². The van der Waals surface area contributed by atoms with Gasteiger partial charge in [-0.15, -0.1) is 0 Å². The molecule has 1 aromatic carbocycles. The van der Waals surface area contributed by atoms with Crippen LogP contribution >= 0.6 is 0 Å². The molecule has 1 aromatic heterocycles. The van der Waals surface area contributed by atoms with E-state index in [2.05, 4.69) is 10.3 Å². The van der Waals surface area contributed by atoms with Crippen LogP contribution in [0.25, 0.3) is 0 Å². The third-order valence-corrected chi connectivity index (χ3v) is 5.71. The Hall–Kier alpha value is -2.76. The normalized spacial score (nSPS) is 16.6. The highest BCUT2D eigenvalue weighted by molar-refractivity contribution is 5.92. The molecule has 2 aromatic rings. The molecule has 0 saturated heterocycles. The van der Waals surface area contributed by atoms with E-state index in [-0.39, 0.29) is 5.91 Å². The van der Waals surface area contributed by atoms with Gasteiger partial charge in [-0.2, -0.15) is 0 Å². The van der Waals surface area contributed by atoms with E-state index in [1.807, 2.05) is 29.2 Å².